The normalized spacial score (nSPS) is 21.5. The second-order valence-electron chi connectivity index (χ2n) is 8.20. The molecule has 0 saturated carbocycles. The minimum absolute atomic E-state index is 0.0371. The highest BCUT2D eigenvalue weighted by Crippen LogP contribution is 2.25. The molecule has 2 saturated heterocycles. The summed E-state index contributed by atoms with van der Waals surface area (Å²) in [6.45, 7) is 0.738. The Kier molecular flexibility index (Phi) is 7.29. The van der Waals surface area contributed by atoms with E-state index in [1.54, 1.807) is 48.5 Å². The summed E-state index contributed by atoms with van der Waals surface area (Å²) in [5.74, 6) is -0.547. The summed E-state index contributed by atoms with van der Waals surface area (Å²) in [5.41, 5.74) is 0.871. The fourth-order valence-electron chi connectivity index (χ4n) is 4.06. The Morgan fingerprint density at radius 2 is 1.79 bits per heavy atom. The summed E-state index contributed by atoms with van der Waals surface area (Å²) in [6.07, 6.45) is 2.47. The molecule has 8 nitrogen and oxygen atoms in total. The predicted molar refractivity (Wildman–Crippen MR) is 122 cm³/mol. The molecular formula is C24H27NO7S. The van der Waals surface area contributed by atoms with Gasteiger partial charge in [-0.3, -0.25) is 4.79 Å². The molecular weight excluding hydrogens is 446 g/mol. The van der Waals surface area contributed by atoms with E-state index in [4.69, 9.17) is 14.2 Å². The zero-order valence-corrected chi connectivity index (χ0v) is 19.0. The minimum atomic E-state index is -3.19. The summed E-state index contributed by atoms with van der Waals surface area (Å²) in [6, 6.07) is 14.9. The first kappa shape index (κ1) is 23.3. The van der Waals surface area contributed by atoms with Gasteiger partial charge >= 0.3 is 5.97 Å². The number of esters is 1. The van der Waals surface area contributed by atoms with Gasteiger partial charge in [-0.05, 0) is 55.7 Å². The monoisotopic (exact) mass is 473 g/mol. The molecule has 2 atom stereocenters. The third kappa shape index (κ3) is 6.11. The fraction of sp³-hybridized carbons (Fsp3) is 0.417. The van der Waals surface area contributed by atoms with Gasteiger partial charge in [0.15, 0.2) is 16.4 Å². The van der Waals surface area contributed by atoms with E-state index in [1.807, 2.05) is 6.07 Å². The van der Waals surface area contributed by atoms with E-state index < -0.39 is 34.4 Å². The summed E-state index contributed by atoms with van der Waals surface area (Å²) >= 11 is 0. The van der Waals surface area contributed by atoms with E-state index in [0.717, 1.165) is 19.4 Å². The molecule has 0 N–H and O–H groups in total. The van der Waals surface area contributed by atoms with Crippen molar-refractivity contribution >= 4 is 27.4 Å². The molecule has 0 bridgehead atoms. The topological polar surface area (TPSA) is 99.2 Å². The molecule has 2 aliphatic rings. The molecule has 33 heavy (non-hydrogen) atoms. The van der Waals surface area contributed by atoms with Crippen LogP contribution >= 0.6 is 0 Å². The van der Waals surface area contributed by atoms with Crippen LogP contribution < -0.4 is 9.64 Å². The third-order valence-electron chi connectivity index (χ3n) is 5.75. The number of hydrogen-bond donors (Lipinski definition) is 0. The highest BCUT2D eigenvalue weighted by atomic mass is 32.2. The molecule has 0 radical (unpaired) electrons. The number of carbonyl (C=O) groups is 2. The van der Waals surface area contributed by atoms with E-state index >= 15 is 0 Å². The number of ether oxygens (including phenoxy) is 3. The molecule has 2 aliphatic heterocycles. The van der Waals surface area contributed by atoms with Gasteiger partial charge in [-0.25, -0.2) is 13.2 Å². The Morgan fingerprint density at radius 1 is 1.03 bits per heavy atom. The molecule has 9 heteroatoms. The Balaban J connectivity index is 1.35. The maximum Gasteiger partial charge on any atom is 0.338 e. The van der Waals surface area contributed by atoms with E-state index in [0.29, 0.717) is 30.0 Å². The largest absolute Gasteiger partial charge is 0.491 e. The first-order valence-electron chi connectivity index (χ1n) is 11.0. The minimum Gasteiger partial charge on any atom is -0.491 e. The zero-order chi connectivity index (χ0) is 23.3. The molecule has 2 fully saturated rings. The number of rotatable bonds is 8. The van der Waals surface area contributed by atoms with Gasteiger partial charge in [-0.2, -0.15) is 0 Å². The average molecular weight is 474 g/mol. The van der Waals surface area contributed by atoms with Crippen LogP contribution in [0.1, 0.15) is 29.6 Å². The van der Waals surface area contributed by atoms with Crippen molar-refractivity contribution in [3.8, 4) is 5.75 Å². The van der Waals surface area contributed by atoms with Crippen LogP contribution in [-0.2, 0) is 24.1 Å². The SMILES string of the molecule is O=C(OCC(=O)N(c1ccccc1)[C@@H]1CCS(=O)(=O)C1)c1ccc(OC[C@@H]2CCCO2)cc1. The lowest BCUT2D eigenvalue weighted by molar-refractivity contribution is -0.122. The third-order valence-corrected chi connectivity index (χ3v) is 7.50. The van der Waals surface area contributed by atoms with Crippen LogP contribution in [0.2, 0.25) is 0 Å². The van der Waals surface area contributed by atoms with Gasteiger partial charge < -0.3 is 19.1 Å². The Labute approximate surface area is 193 Å². The van der Waals surface area contributed by atoms with Gasteiger partial charge in [0, 0.05) is 12.3 Å². The van der Waals surface area contributed by atoms with Crippen molar-refractivity contribution in [1.82, 2.24) is 0 Å². The number of anilines is 1. The highest BCUT2D eigenvalue weighted by Gasteiger charge is 2.35. The van der Waals surface area contributed by atoms with Crippen molar-refractivity contribution in [3.05, 3.63) is 60.2 Å². The average Bonchev–Trinajstić information content (AvgIpc) is 3.46. The van der Waals surface area contributed by atoms with Crippen molar-refractivity contribution in [1.29, 1.82) is 0 Å². The lowest BCUT2D eigenvalue weighted by Crippen LogP contribution is -2.43. The zero-order valence-electron chi connectivity index (χ0n) is 18.2. The smallest absolute Gasteiger partial charge is 0.338 e. The fourth-order valence-corrected chi connectivity index (χ4v) is 5.76. The van der Waals surface area contributed by atoms with Crippen molar-refractivity contribution in [2.24, 2.45) is 0 Å². The van der Waals surface area contributed by atoms with Crippen LogP contribution in [0.3, 0.4) is 0 Å². The number of para-hydroxylation sites is 1. The van der Waals surface area contributed by atoms with Crippen LogP contribution in [0.25, 0.3) is 0 Å². The number of amides is 1. The molecule has 0 aromatic heterocycles. The highest BCUT2D eigenvalue weighted by molar-refractivity contribution is 7.91. The van der Waals surface area contributed by atoms with Crippen LogP contribution in [0.15, 0.2) is 54.6 Å². The maximum atomic E-state index is 13.0. The molecule has 0 spiro atoms. The summed E-state index contributed by atoms with van der Waals surface area (Å²) in [5, 5.41) is 0. The lowest BCUT2D eigenvalue weighted by Gasteiger charge is -2.28. The number of benzene rings is 2. The molecule has 2 aromatic carbocycles. The van der Waals surface area contributed by atoms with Gasteiger partial charge in [0.05, 0.1) is 29.2 Å². The van der Waals surface area contributed by atoms with Crippen molar-refractivity contribution in [3.63, 3.8) is 0 Å². The van der Waals surface area contributed by atoms with Crippen LogP contribution in [0.5, 0.6) is 5.75 Å². The maximum absolute atomic E-state index is 13.0. The molecule has 0 aliphatic carbocycles. The quantitative estimate of drug-likeness (QED) is 0.544. The molecule has 4 rings (SSSR count). The molecule has 176 valence electrons. The van der Waals surface area contributed by atoms with Crippen LogP contribution in [-0.4, -0.2) is 63.8 Å². The number of nitrogens with zero attached hydrogens (tertiary/aromatic N) is 1. The van der Waals surface area contributed by atoms with Gasteiger partial charge in [-0.1, -0.05) is 18.2 Å². The van der Waals surface area contributed by atoms with Crippen LogP contribution in [0, 0.1) is 0 Å². The summed E-state index contributed by atoms with van der Waals surface area (Å²) < 4.78 is 40.4. The van der Waals surface area contributed by atoms with Crippen molar-refractivity contribution in [2.75, 3.05) is 36.2 Å². The van der Waals surface area contributed by atoms with Gasteiger partial charge in [0.25, 0.3) is 5.91 Å². The Morgan fingerprint density at radius 3 is 2.42 bits per heavy atom. The van der Waals surface area contributed by atoms with Crippen LogP contribution in [0.4, 0.5) is 5.69 Å². The summed E-state index contributed by atoms with van der Waals surface area (Å²) in [4.78, 5) is 26.9. The number of sulfone groups is 1. The van der Waals surface area contributed by atoms with Crippen molar-refractivity contribution < 1.29 is 32.2 Å². The first-order valence-corrected chi connectivity index (χ1v) is 12.8. The van der Waals surface area contributed by atoms with E-state index in [-0.39, 0.29) is 17.6 Å². The lowest BCUT2D eigenvalue weighted by atomic mass is 10.2. The van der Waals surface area contributed by atoms with E-state index in [2.05, 4.69) is 0 Å². The van der Waals surface area contributed by atoms with Gasteiger partial charge in [-0.15, -0.1) is 0 Å². The van der Waals surface area contributed by atoms with Crippen molar-refractivity contribution in [2.45, 2.75) is 31.4 Å². The Bertz CT molecular complexity index is 1060. The van der Waals surface area contributed by atoms with E-state index in [1.165, 1.54) is 4.90 Å². The molecule has 1 amide bonds. The number of hydrogen-bond acceptors (Lipinski definition) is 7. The second kappa shape index (κ2) is 10.4. The number of carbonyl (C=O) groups excluding carboxylic acids is 2. The first-order chi connectivity index (χ1) is 15.9. The molecule has 2 heterocycles. The van der Waals surface area contributed by atoms with Gasteiger partial charge in [0.1, 0.15) is 12.4 Å². The van der Waals surface area contributed by atoms with E-state index in [9.17, 15) is 18.0 Å². The summed E-state index contributed by atoms with van der Waals surface area (Å²) in [7, 11) is -3.19. The predicted octanol–water partition coefficient (Wildman–Crippen LogP) is 2.62. The molecule has 0 unspecified atom stereocenters. The molecule has 2 aromatic rings. The van der Waals surface area contributed by atoms with Gasteiger partial charge in [0.2, 0.25) is 0 Å². The Hall–Kier alpha value is -2.91. The second-order valence-corrected chi connectivity index (χ2v) is 10.4. The standard InChI is InChI=1S/C24H27NO7S/c26-23(25(19-5-2-1-3-6-19)20-12-14-33(28,29)17-20)16-32-24(27)18-8-10-21(11-9-18)31-15-22-7-4-13-30-22/h1-3,5-6,8-11,20,22H,4,7,12-17H2/t20-,22+/m1/s1.